The Hall–Kier alpha value is -3.81. The van der Waals surface area contributed by atoms with Gasteiger partial charge in [0.1, 0.15) is 11.5 Å². The molecule has 8 heteroatoms. The van der Waals surface area contributed by atoms with Gasteiger partial charge in [0.25, 0.3) is 0 Å². The Morgan fingerprint density at radius 1 is 0.893 bits per heavy atom. The van der Waals surface area contributed by atoms with E-state index < -0.39 is 0 Å². The lowest BCUT2D eigenvalue weighted by Gasteiger charge is -2.13. The first-order valence-electron chi connectivity index (χ1n) is 8.54. The molecule has 0 atom stereocenters. The maximum atomic E-state index is 5.46. The van der Waals surface area contributed by atoms with E-state index in [1.807, 2.05) is 24.3 Å². The molecule has 0 saturated carbocycles. The third kappa shape index (κ3) is 3.16. The van der Waals surface area contributed by atoms with Gasteiger partial charge < -0.3 is 24.5 Å². The van der Waals surface area contributed by atoms with Crippen LogP contribution in [0.2, 0.25) is 0 Å². The van der Waals surface area contributed by atoms with Gasteiger partial charge in [0.2, 0.25) is 5.75 Å². The smallest absolute Gasteiger partial charge is 0.203 e. The summed E-state index contributed by atoms with van der Waals surface area (Å²) in [6.07, 6.45) is 6.67. The number of H-pyrrole nitrogens is 1. The lowest BCUT2D eigenvalue weighted by Crippen LogP contribution is -1.95. The lowest BCUT2D eigenvalue weighted by atomic mass is 10.1. The number of ether oxygens (including phenoxy) is 3. The number of fused-ring (bicyclic) bond motifs is 1. The first kappa shape index (κ1) is 17.6. The Morgan fingerprint density at radius 3 is 2.32 bits per heavy atom. The van der Waals surface area contributed by atoms with Gasteiger partial charge in [-0.05, 0) is 24.3 Å². The van der Waals surface area contributed by atoms with Gasteiger partial charge in [-0.2, -0.15) is 0 Å². The van der Waals surface area contributed by atoms with Gasteiger partial charge in [-0.25, -0.2) is 9.97 Å². The Morgan fingerprint density at radius 2 is 1.68 bits per heavy atom. The highest BCUT2D eigenvalue weighted by Gasteiger charge is 2.16. The van der Waals surface area contributed by atoms with Gasteiger partial charge in [0.15, 0.2) is 11.5 Å². The number of aromatic amines is 1. The van der Waals surface area contributed by atoms with Crippen molar-refractivity contribution in [1.82, 2.24) is 19.9 Å². The summed E-state index contributed by atoms with van der Waals surface area (Å²) in [5, 5.41) is 4.20. The molecule has 0 aliphatic carbocycles. The molecule has 1 aromatic carbocycles. The third-order valence-corrected chi connectivity index (χ3v) is 4.33. The van der Waals surface area contributed by atoms with E-state index in [1.165, 1.54) is 0 Å². The van der Waals surface area contributed by atoms with Crippen LogP contribution in [0.3, 0.4) is 0 Å². The van der Waals surface area contributed by atoms with Crippen molar-refractivity contribution >= 4 is 22.5 Å². The molecule has 4 aromatic rings. The van der Waals surface area contributed by atoms with E-state index in [2.05, 4.69) is 25.3 Å². The molecule has 0 bridgehead atoms. The number of pyridine rings is 1. The second kappa shape index (κ2) is 7.43. The summed E-state index contributed by atoms with van der Waals surface area (Å²) < 4.78 is 16.3. The lowest BCUT2D eigenvalue weighted by molar-refractivity contribution is 0.324. The molecular weight excluding hydrogens is 358 g/mol. The zero-order valence-corrected chi connectivity index (χ0v) is 15.7. The third-order valence-electron chi connectivity index (χ3n) is 4.33. The van der Waals surface area contributed by atoms with Crippen LogP contribution in [0.25, 0.3) is 22.3 Å². The predicted molar refractivity (Wildman–Crippen MR) is 107 cm³/mol. The molecule has 3 heterocycles. The molecule has 28 heavy (non-hydrogen) atoms. The second-order valence-electron chi connectivity index (χ2n) is 5.93. The summed E-state index contributed by atoms with van der Waals surface area (Å²) >= 11 is 0. The van der Waals surface area contributed by atoms with Crippen LogP contribution >= 0.6 is 0 Å². The fourth-order valence-electron chi connectivity index (χ4n) is 3.03. The van der Waals surface area contributed by atoms with Crippen molar-refractivity contribution in [3.05, 3.63) is 49.1 Å². The molecule has 2 N–H and O–H groups in total. The maximum Gasteiger partial charge on any atom is 0.203 e. The zero-order chi connectivity index (χ0) is 19.5. The highest BCUT2D eigenvalue weighted by atomic mass is 16.5. The zero-order valence-electron chi connectivity index (χ0n) is 15.7. The number of rotatable bonds is 6. The van der Waals surface area contributed by atoms with Crippen molar-refractivity contribution in [2.24, 2.45) is 0 Å². The Kier molecular flexibility index (Phi) is 4.67. The first-order chi connectivity index (χ1) is 13.7. The largest absolute Gasteiger partial charge is 0.493 e. The Labute approximate surface area is 161 Å². The molecule has 0 unspecified atom stereocenters. The molecule has 0 amide bonds. The molecule has 8 nitrogen and oxygen atoms in total. The van der Waals surface area contributed by atoms with Crippen molar-refractivity contribution in [3.8, 4) is 28.5 Å². The van der Waals surface area contributed by atoms with Crippen LogP contribution in [-0.4, -0.2) is 41.3 Å². The number of hydrogen-bond donors (Lipinski definition) is 2. The molecule has 0 aliphatic heterocycles. The van der Waals surface area contributed by atoms with Crippen LogP contribution in [0.4, 0.5) is 11.5 Å². The average molecular weight is 377 g/mol. The highest BCUT2D eigenvalue weighted by molar-refractivity contribution is 5.94. The van der Waals surface area contributed by atoms with Crippen LogP contribution < -0.4 is 19.5 Å². The number of hydrogen-bond acceptors (Lipinski definition) is 7. The molecule has 0 radical (unpaired) electrons. The normalized spacial score (nSPS) is 10.7. The molecule has 3 aromatic heterocycles. The van der Waals surface area contributed by atoms with Crippen LogP contribution in [0.1, 0.15) is 0 Å². The Balaban J connectivity index is 1.79. The minimum absolute atomic E-state index is 0.549. The molecular formula is C20H19N5O3. The van der Waals surface area contributed by atoms with Gasteiger partial charge in [-0.1, -0.05) is 0 Å². The van der Waals surface area contributed by atoms with Crippen LogP contribution in [0, 0.1) is 0 Å². The predicted octanol–water partition coefficient (Wildman–Crippen LogP) is 3.79. The first-order valence-corrected chi connectivity index (χ1v) is 8.54. The van der Waals surface area contributed by atoms with E-state index in [9.17, 15) is 0 Å². The molecule has 0 aliphatic rings. The summed E-state index contributed by atoms with van der Waals surface area (Å²) in [7, 11) is 4.77. The quantitative estimate of drug-likeness (QED) is 0.528. The average Bonchev–Trinajstić information content (AvgIpc) is 3.19. The molecule has 4 rings (SSSR count). The van der Waals surface area contributed by atoms with E-state index in [0.717, 1.165) is 28.0 Å². The van der Waals surface area contributed by atoms with E-state index in [1.54, 1.807) is 46.1 Å². The number of nitrogens with zero attached hydrogens (tertiary/aromatic N) is 3. The Bertz CT molecular complexity index is 1090. The van der Waals surface area contributed by atoms with Crippen molar-refractivity contribution in [2.45, 2.75) is 0 Å². The van der Waals surface area contributed by atoms with Crippen LogP contribution in [0.15, 0.2) is 49.1 Å². The summed E-state index contributed by atoms with van der Waals surface area (Å²) in [6, 6.07) is 7.69. The standard InChI is InChI=1S/C20H19N5O3/c1-26-16-8-12(9-17(27-2)19(16)28-3)15-10-13-14(4-5-23-20(13)25-15)24-18-11-21-6-7-22-18/h4-11H,1-3H3,(H2,22,23,24,25). The topological polar surface area (TPSA) is 94.2 Å². The summed E-state index contributed by atoms with van der Waals surface area (Å²) in [5.41, 5.74) is 3.38. The van der Waals surface area contributed by atoms with E-state index in [4.69, 9.17) is 14.2 Å². The number of nitrogens with one attached hydrogen (secondary N) is 2. The number of benzene rings is 1. The van der Waals surface area contributed by atoms with Crippen molar-refractivity contribution in [2.75, 3.05) is 26.6 Å². The summed E-state index contributed by atoms with van der Waals surface area (Å²) in [5.74, 6) is 2.38. The van der Waals surface area contributed by atoms with Gasteiger partial charge in [0, 0.05) is 35.2 Å². The molecule has 142 valence electrons. The number of anilines is 2. The monoisotopic (exact) mass is 377 g/mol. The van der Waals surface area contributed by atoms with Gasteiger partial charge in [-0.15, -0.1) is 0 Å². The van der Waals surface area contributed by atoms with Crippen molar-refractivity contribution in [3.63, 3.8) is 0 Å². The number of aromatic nitrogens is 4. The van der Waals surface area contributed by atoms with E-state index >= 15 is 0 Å². The van der Waals surface area contributed by atoms with Crippen LogP contribution in [-0.2, 0) is 0 Å². The van der Waals surface area contributed by atoms with Crippen molar-refractivity contribution in [1.29, 1.82) is 0 Å². The van der Waals surface area contributed by atoms with Gasteiger partial charge >= 0.3 is 0 Å². The van der Waals surface area contributed by atoms with Gasteiger partial charge in [0.05, 0.1) is 33.2 Å². The fourth-order valence-corrected chi connectivity index (χ4v) is 3.03. The SMILES string of the molecule is COc1cc(-c2cc3c(Nc4cnccn4)ccnc3[nH]2)cc(OC)c1OC. The highest BCUT2D eigenvalue weighted by Crippen LogP contribution is 2.41. The van der Waals surface area contributed by atoms with E-state index in [0.29, 0.717) is 23.1 Å². The van der Waals surface area contributed by atoms with Gasteiger partial charge in [-0.3, -0.25) is 4.98 Å². The molecule has 0 spiro atoms. The molecule has 0 fully saturated rings. The second-order valence-corrected chi connectivity index (χ2v) is 5.93. The minimum atomic E-state index is 0.549. The minimum Gasteiger partial charge on any atom is -0.493 e. The van der Waals surface area contributed by atoms with E-state index in [-0.39, 0.29) is 0 Å². The fraction of sp³-hybridized carbons (Fsp3) is 0.150. The molecule has 0 saturated heterocycles. The van der Waals surface area contributed by atoms with Crippen LogP contribution in [0.5, 0.6) is 17.2 Å². The summed E-state index contributed by atoms with van der Waals surface area (Å²) in [4.78, 5) is 16.1. The number of methoxy groups -OCH3 is 3. The van der Waals surface area contributed by atoms with Crippen molar-refractivity contribution < 1.29 is 14.2 Å². The maximum absolute atomic E-state index is 5.46. The summed E-state index contributed by atoms with van der Waals surface area (Å²) in [6.45, 7) is 0.